The van der Waals surface area contributed by atoms with Crippen molar-refractivity contribution in [3.63, 3.8) is 0 Å². The van der Waals surface area contributed by atoms with Gasteiger partial charge >= 0.3 is 0 Å². The molecule has 24 heavy (non-hydrogen) atoms. The molecule has 4 rings (SSSR count). The van der Waals surface area contributed by atoms with Crippen molar-refractivity contribution in [1.82, 2.24) is 15.2 Å². The van der Waals surface area contributed by atoms with E-state index < -0.39 is 0 Å². The van der Waals surface area contributed by atoms with Crippen LogP contribution in [0.5, 0.6) is 0 Å². The predicted molar refractivity (Wildman–Crippen MR) is 89.8 cm³/mol. The fraction of sp³-hybridized carbons (Fsp3) is 0.316. The Bertz CT molecular complexity index is 799. The lowest BCUT2D eigenvalue weighted by Gasteiger charge is -2.22. The third-order valence-corrected chi connectivity index (χ3v) is 5.11. The van der Waals surface area contributed by atoms with Crippen LogP contribution in [0.4, 0.5) is 0 Å². The molecule has 3 heterocycles. The van der Waals surface area contributed by atoms with Gasteiger partial charge in [-0.15, -0.1) is 0 Å². The van der Waals surface area contributed by atoms with Crippen LogP contribution in [-0.2, 0) is 0 Å². The lowest BCUT2D eigenvalue weighted by Crippen LogP contribution is -2.43. The summed E-state index contributed by atoms with van der Waals surface area (Å²) in [6, 6.07) is 12.0. The van der Waals surface area contributed by atoms with Crippen LogP contribution in [0.2, 0.25) is 0 Å². The van der Waals surface area contributed by atoms with Crippen LogP contribution >= 0.6 is 0 Å². The summed E-state index contributed by atoms with van der Waals surface area (Å²) in [4.78, 5) is 18.5. The smallest absolute Gasteiger partial charge is 0.251 e. The van der Waals surface area contributed by atoms with E-state index in [0.29, 0.717) is 11.6 Å². The summed E-state index contributed by atoms with van der Waals surface area (Å²) in [5.41, 5.74) is 2.68. The molecule has 0 unspecified atom stereocenters. The molecule has 1 aromatic heterocycles. The van der Waals surface area contributed by atoms with Crippen molar-refractivity contribution in [2.45, 2.75) is 37.4 Å². The minimum atomic E-state index is -0.0682. The number of hydrogen-bond acceptors (Lipinski definition) is 4. The van der Waals surface area contributed by atoms with Crippen molar-refractivity contribution >= 4 is 5.91 Å². The second kappa shape index (κ2) is 5.97. The summed E-state index contributed by atoms with van der Waals surface area (Å²) in [5.74, 6) is -0.0682. The number of rotatable bonds is 3. The van der Waals surface area contributed by atoms with Crippen LogP contribution in [0.15, 0.2) is 48.8 Å². The molecule has 0 radical (unpaired) electrons. The highest BCUT2D eigenvalue weighted by molar-refractivity contribution is 5.95. The van der Waals surface area contributed by atoms with Crippen molar-refractivity contribution in [3.8, 4) is 17.3 Å². The maximum atomic E-state index is 12.6. The predicted octanol–water partition coefficient (Wildman–Crippen LogP) is 2.56. The standard InChI is InChI=1S/C19H18N4O/c20-12-23-16-4-5-18(23)17(11-16)22-19(24)15-3-1-2-14(10-15)13-6-8-21-9-7-13/h1-3,6-10,16-18H,4-5,11H2,(H,22,24)/t16-,17+,18+/m0/s1. The van der Waals surface area contributed by atoms with E-state index in [2.05, 4.69) is 16.5 Å². The van der Waals surface area contributed by atoms with E-state index >= 15 is 0 Å². The number of hydrogen-bond donors (Lipinski definition) is 1. The summed E-state index contributed by atoms with van der Waals surface area (Å²) >= 11 is 0. The van der Waals surface area contributed by atoms with E-state index in [1.165, 1.54) is 0 Å². The molecule has 0 saturated carbocycles. The molecule has 2 aliphatic rings. The third kappa shape index (κ3) is 2.50. The van der Waals surface area contributed by atoms with Gasteiger partial charge in [0.15, 0.2) is 6.19 Å². The fourth-order valence-corrected chi connectivity index (χ4v) is 3.94. The molecule has 0 aliphatic carbocycles. The van der Waals surface area contributed by atoms with Gasteiger partial charge in [0.25, 0.3) is 5.91 Å². The maximum Gasteiger partial charge on any atom is 0.251 e. The molecular formula is C19H18N4O. The van der Waals surface area contributed by atoms with Crippen LogP contribution in [0, 0.1) is 11.5 Å². The van der Waals surface area contributed by atoms with Gasteiger partial charge in [-0.1, -0.05) is 12.1 Å². The van der Waals surface area contributed by atoms with E-state index in [4.69, 9.17) is 0 Å². The molecule has 5 nitrogen and oxygen atoms in total. The number of benzene rings is 1. The summed E-state index contributed by atoms with van der Waals surface area (Å²) in [6.45, 7) is 0. The van der Waals surface area contributed by atoms with Crippen LogP contribution in [-0.4, -0.2) is 33.9 Å². The number of pyridine rings is 1. The summed E-state index contributed by atoms with van der Waals surface area (Å²) in [5, 5.41) is 12.4. The van der Waals surface area contributed by atoms with Gasteiger partial charge in [0.2, 0.25) is 0 Å². The largest absolute Gasteiger partial charge is 0.347 e. The first-order valence-corrected chi connectivity index (χ1v) is 8.25. The van der Waals surface area contributed by atoms with Crippen molar-refractivity contribution < 1.29 is 4.79 Å². The molecule has 2 bridgehead atoms. The Balaban J connectivity index is 1.51. The average Bonchev–Trinajstić information content (AvgIpc) is 3.19. The van der Waals surface area contributed by atoms with E-state index in [1.54, 1.807) is 12.4 Å². The molecular weight excluding hydrogens is 300 g/mol. The minimum Gasteiger partial charge on any atom is -0.347 e. The molecule has 2 fully saturated rings. The van der Waals surface area contributed by atoms with E-state index in [0.717, 1.165) is 30.4 Å². The molecule has 1 aromatic carbocycles. The molecule has 5 heteroatoms. The summed E-state index contributed by atoms with van der Waals surface area (Å²) in [7, 11) is 0. The zero-order valence-electron chi connectivity index (χ0n) is 13.2. The van der Waals surface area contributed by atoms with Gasteiger partial charge in [0, 0.05) is 24.0 Å². The first kappa shape index (κ1) is 14.7. The number of amides is 1. The van der Waals surface area contributed by atoms with Gasteiger partial charge < -0.3 is 10.2 Å². The summed E-state index contributed by atoms with van der Waals surface area (Å²) in [6.07, 6.45) is 8.68. The number of fused-ring (bicyclic) bond motifs is 2. The molecule has 1 amide bonds. The van der Waals surface area contributed by atoms with Crippen molar-refractivity contribution in [1.29, 1.82) is 5.26 Å². The molecule has 2 aliphatic heterocycles. The van der Waals surface area contributed by atoms with Crippen molar-refractivity contribution in [2.75, 3.05) is 0 Å². The Labute approximate surface area is 140 Å². The van der Waals surface area contributed by atoms with Gasteiger partial charge in [-0.25, -0.2) is 0 Å². The number of carbonyl (C=O) groups is 1. The Hall–Kier alpha value is -2.87. The highest BCUT2D eigenvalue weighted by atomic mass is 16.1. The molecule has 2 saturated heterocycles. The Kier molecular flexibility index (Phi) is 3.66. The normalized spacial score (nSPS) is 24.6. The second-order valence-electron chi connectivity index (χ2n) is 6.44. The van der Waals surface area contributed by atoms with Crippen molar-refractivity contribution in [3.05, 3.63) is 54.4 Å². The molecule has 3 atom stereocenters. The Morgan fingerprint density at radius 2 is 2.04 bits per heavy atom. The molecule has 120 valence electrons. The maximum absolute atomic E-state index is 12.6. The monoisotopic (exact) mass is 318 g/mol. The number of nitriles is 1. The van der Waals surface area contributed by atoms with E-state index in [9.17, 15) is 10.1 Å². The van der Waals surface area contributed by atoms with Gasteiger partial charge in [-0.3, -0.25) is 9.78 Å². The van der Waals surface area contributed by atoms with E-state index in [-0.39, 0.29) is 18.0 Å². The first-order valence-electron chi connectivity index (χ1n) is 8.25. The first-order chi connectivity index (χ1) is 11.8. The molecule has 2 aromatic rings. The van der Waals surface area contributed by atoms with Gasteiger partial charge in [0.1, 0.15) is 0 Å². The quantitative estimate of drug-likeness (QED) is 0.883. The topological polar surface area (TPSA) is 69.0 Å². The van der Waals surface area contributed by atoms with Crippen LogP contribution in [0.3, 0.4) is 0 Å². The second-order valence-corrected chi connectivity index (χ2v) is 6.44. The van der Waals surface area contributed by atoms with Gasteiger partial charge in [-0.05, 0) is 54.7 Å². The number of nitrogens with zero attached hydrogens (tertiary/aromatic N) is 3. The summed E-state index contributed by atoms with van der Waals surface area (Å²) < 4.78 is 0. The SMILES string of the molecule is N#CN1[C@H]2CC[C@@H]1[C@H](NC(=O)c1cccc(-c3ccncc3)c1)C2. The van der Waals surface area contributed by atoms with Crippen molar-refractivity contribution in [2.24, 2.45) is 0 Å². The average molecular weight is 318 g/mol. The van der Waals surface area contributed by atoms with Gasteiger partial charge in [-0.2, -0.15) is 5.26 Å². The highest BCUT2D eigenvalue weighted by Crippen LogP contribution is 2.37. The van der Waals surface area contributed by atoms with Gasteiger partial charge in [0.05, 0.1) is 12.1 Å². The fourth-order valence-electron chi connectivity index (χ4n) is 3.94. The van der Waals surface area contributed by atoms with Crippen LogP contribution in [0.1, 0.15) is 29.6 Å². The molecule has 1 N–H and O–H groups in total. The van der Waals surface area contributed by atoms with Crippen LogP contribution in [0.25, 0.3) is 11.1 Å². The minimum absolute atomic E-state index is 0.0682. The molecule has 0 spiro atoms. The number of nitrogens with one attached hydrogen (secondary N) is 1. The Morgan fingerprint density at radius 1 is 1.21 bits per heavy atom. The zero-order chi connectivity index (χ0) is 16.5. The number of carbonyl (C=O) groups excluding carboxylic acids is 1. The Morgan fingerprint density at radius 3 is 2.79 bits per heavy atom. The zero-order valence-corrected chi connectivity index (χ0v) is 13.2. The third-order valence-electron chi connectivity index (χ3n) is 5.11. The lowest BCUT2D eigenvalue weighted by atomic mass is 9.95. The van der Waals surface area contributed by atoms with E-state index in [1.807, 2.05) is 41.3 Å². The number of aromatic nitrogens is 1. The highest BCUT2D eigenvalue weighted by Gasteiger charge is 2.46. The van der Waals surface area contributed by atoms with Crippen LogP contribution < -0.4 is 5.32 Å². The lowest BCUT2D eigenvalue weighted by molar-refractivity contribution is 0.0928.